The molecular weight excluding hydrogens is 320 g/mol. The van der Waals surface area contributed by atoms with Crippen molar-refractivity contribution in [1.82, 2.24) is 4.72 Å². The van der Waals surface area contributed by atoms with E-state index >= 15 is 0 Å². The molecule has 0 atom stereocenters. The van der Waals surface area contributed by atoms with Crippen molar-refractivity contribution in [2.75, 3.05) is 19.8 Å². The van der Waals surface area contributed by atoms with Crippen LogP contribution >= 0.6 is 15.9 Å². The molecule has 0 amide bonds. The molecule has 0 radical (unpaired) electrons. The summed E-state index contributed by atoms with van der Waals surface area (Å²) in [5.74, 6) is 0. The highest BCUT2D eigenvalue weighted by Crippen LogP contribution is 2.22. The van der Waals surface area contributed by atoms with Gasteiger partial charge in [0.25, 0.3) is 0 Å². The molecule has 1 aromatic carbocycles. The van der Waals surface area contributed by atoms with Gasteiger partial charge in [-0.2, -0.15) is 0 Å². The molecule has 0 aliphatic carbocycles. The second kappa shape index (κ2) is 7.20. The van der Waals surface area contributed by atoms with Crippen LogP contribution in [0.2, 0.25) is 0 Å². The molecular formula is C11H17BrN2O3S. The van der Waals surface area contributed by atoms with Crippen molar-refractivity contribution in [2.45, 2.75) is 18.4 Å². The van der Waals surface area contributed by atoms with Crippen LogP contribution in [0.3, 0.4) is 0 Å². The van der Waals surface area contributed by atoms with E-state index in [1.165, 1.54) is 0 Å². The SMILES string of the molecule is CCOCCNS(=O)(=O)c1cc(CN)ccc1Br. The summed E-state index contributed by atoms with van der Waals surface area (Å²) in [6, 6.07) is 5.02. The third kappa shape index (κ3) is 4.33. The second-order valence-electron chi connectivity index (χ2n) is 3.56. The molecule has 0 unspecified atom stereocenters. The first kappa shape index (κ1) is 15.6. The Bertz CT molecular complexity index is 491. The Morgan fingerprint density at radius 2 is 2.17 bits per heavy atom. The molecule has 18 heavy (non-hydrogen) atoms. The van der Waals surface area contributed by atoms with Crippen LogP contribution in [0.15, 0.2) is 27.6 Å². The molecule has 3 N–H and O–H groups in total. The number of halogens is 1. The van der Waals surface area contributed by atoms with E-state index in [1.807, 2.05) is 6.92 Å². The summed E-state index contributed by atoms with van der Waals surface area (Å²) >= 11 is 3.23. The van der Waals surface area contributed by atoms with Crippen LogP contribution in [0.25, 0.3) is 0 Å². The highest BCUT2D eigenvalue weighted by atomic mass is 79.9. The molecule has 0 aliphatic heterocycles. The zero-order chi connectivity index (χ0) is 13.6. The molecule has 0 saturated heterocycles. The van der Waals surface area contributed by atoms with Crippen molar-refractivity contribution in [3.63, 3.8) is 0 Å². The van der Waals surface area contributed by atoms with Gasteiger partial charge in [0.1, 0.15) is 0 Å². The van der Waals surface area contributed by atoms with Crippen LogP contribution in [0.5, 0.6) is 0 Å². The third-order valence-electron chi connectivity index (χ3n) is 2.26. The minimum Gasteiger partial charge on any atom is -0.380 e. The maximum Gasteiger partial charge on any atom is 0.241 e. The fourth-order valence-electron chi connectivity index (χ4n) is 1.35. The van der Waals surface area contributed by atoms with Gasteiger partial charge in [-0.3, -0.25) is 0 Å². The second-order valence-corrected chi connectivity index (χ2v) is 6.15. The molecule has 1 rings (SSSR count). The Balaban J connectivity index is 2.83. The van der Waals surface area contributed by atoms with Crippen LogP contribution in [-0.2, 0) is 21.3 Å². The van der Waals surface area contributed by atoms with E-state index in [2.05, 4.69) is 20.7 Å². The predicted octanol–water partition coefficient (Wildman–Crippen LogP) is 1.22. The Kier molecular flexibility index (Phi) is 6.24. The van der Waals surface area contributed by atoms with Crippen LogP contribution in [0, 0.1) is 0 Å². The molecule has 102 valence electrons. The van der Waals surface area contributed by atoms with Crippen molar-refractivity contribution >= 4 is 26.0 Å². The van der Waals surface area contributed by atoms with Crippen LogP contribution < -0.4 is 10.5 Å². The van der Waals surface area contributed by atoms with Gasteiger partial charge in [0.05, 0.1) is 11.5 Å². The van der Waals surface area contributed by atoms with Gasteiger partial charge in [-0.1, -0.05) is 6.07 Å². The first-order valence-corrected chi connectivity index (χ1v) is 7.84. The predicted molar refractivity (Wildman–Crippen MR) is 73.7 cm³/mol. The fraction of sp³-hybridized carbons (Fsp3) is 0.455. The van der Waals surface area contributed by atoms with Crippen LogP contribution in [0.4, 0.5) is 0 Å². The number of nitrogens with two attached hydrogens (primary N) is 1. The first-order chi connectivity index (χ1) is 8.51. The molecule has 0 aromatic heterocycles. The van der Waals surface area contributed by atoms with Gasteiger partial charge >= 0.3 is 0 Å². The molecule has 0 spiro atoms. The maximum atomic E-state index is 12.0. The Hall–Kier alpha value is -0.470. The number of hydrogen-bond donors (Lipinski definition) is 2. The van der Waals surface area contributed by atoms with E-state index in [4.69, 9.17) is 10.5 Å². The third-order valence-corrected chi connectivity index (χ3v) is 4.72. The van der Waals surface area contributed by atoms with Crippen LogP contribution in [-0.4, -0.2) is 28.2 Å². The monoisotopic (exact) mass is 336 g/mol. The lowest BCUT2D eigenvalue weighted by Gasteiger charge is -2.09. The highest BCUT2D eigenvalue weighted by molar-refractivity contribution is 9.10. The van der Waals surface area contributed by atoms with Crippen molar-refractivity contribution in [1.29, 1.82) is 0 Å². The van der Waals surface area contributed by atoms with E-state index in [0.29, 0.717) is 24.2 Å². The molecule has 0 fully saturated rings. The van der Waals surface area contributed by atoms with Gasteiger partial charge in [-0.15, -0.1) is 0 Å². The Labute approximate surface area is 116 Å². The minimum absolute atomic E-state index is 0.196. The first-order valence-electron chi connectivity index (χ1n) is 5.57. The number of ether oxygens (including phenoxy) is 1. The van der Waals surface area contributed by atoms with Gasteiger partial charge in [-0.25, -0.2) is 13.1 Å². The lowest BCUT2D eigenvalue weighted by Crippen LogP contribution is -2.28. The summed E-state index contributed by atoms with van der Waals surface area (Å²) in [5.41, 5.74) is 6.27. The quantitative estimate of drug-likeness (QED) is 0.733. The average Bonchev–Trinajstić information content (AvgIpc) is 2.35. The van der Waals surface area contributed by atoms with Crippen molar-refractivity contribution in [2.24, 2.45) is 5.73 Å². The zero-order valence-electron chi connectivity index (χ0n) is 10.1. The number of nitrogens with one attached hydrogen (secondary N) is 1. The van der Waals surface area contributed by atoms with E-state index in [1.54, 1.807) is 18.2 Å². The molecule has 0 heterocycles. The van der Waals surface area contributed by atoms with Gasteiger partial charge < -0.3 is 10.5 Å². The normalized spacial score (nSPS) is 11.7. The maximum absolute atomic E-state index is 12.0. The highest BCUT2D eigenvalue weighted by Gasteiger charge is 2.17. The summed E-state index contributed by atoms with van der Waals surface area (Å²) in [6.45, 7) is 3.32. The molecule has 0 bridgehead atoms. The van der Waals surface area contributed by atoms with Gasteiger partial charge in [0.2, 0.25) is 10.0 Å². The van der Waals surface area contributed by atoms with Gasteiger partial charge in [0.15, 0.2) is 0 Å². The Morgan fingerprint density at radius 1 is 1.44 bits per heavy atom. The number of sulfonamides is 1. The topological polar surface area (TPSA) is 81.4 Å². The standard InChI is InChI=1S/C11H17BrN2O3S/c1-2-17-6-5-14-18(15,16)11-7-9(8-13)3-4-10(11)12/h3-4,7,14H,2,5-6,8,13H2,1H3. The summed E-state index contributed by atoms with van der Waals surface area (Å²) in [4.78, 5) is 0.196. The number of hydrogen-bond acceptors (Lipinski definition) is 4. The van der Waals surface area contributed by atoms with E-state index in [9.17, 15) is 8.42 Å². The summed E-state index contributed by atoms with van der Waals surface area (Å²) in [6.07, 6.45) is 0. The van der Waals surface area contributed by atoms with Gasteiger partial charge in [-0.05, 0) is 40.5 Å². The fourth-order valence-corrected chi connectivity index (χ4v) is 3.38. The summed E-state index contributed by atoms with van der Waals surface area (Å²) in [5, 5.41) is 0. The van der Waals surface area contributed by atoms with E-state index in [0.717, 1.165) is 5.56 Å². The zero-order valence-corrected chi connectivity index (χ0v) is 12.6. The van der Waals surface area contributed by atoms with Crippen molar-refractivity contribution in [3.05, 3.63) is 28.2 Å². The van der Waals surface area contributed by atoms with Gasteiger partial charge in [0, 0.05) is 24.2 Å². The largest absolute Gasteiger partial charge is 0.380 e. The van der Waals surface area contributed by atoms with Crippen molar-refractivity contribution < 1.29 is 13.2 Å². The molecule has 5 nitrogen and oxygen atoms in total. The molecule has 1 aromatic rings. The van der Waals surface area contributed by atoms with Crippen LogP contribution in [0.1, 0.15) is 12.5 Å². The number of benzene rings is 1. The average molecular weight is 337 g/mol. The molecule has 0 saturated carbocycles. The van der Waals surface area contributed by atoms with E-state index in [-0.39, 0.29) is 11.4 Å². The molecule has 7 heteroatoms. The van der Waals surface area contributed by atoms with Crippen molar-refractivity contribution in [3.8, 4) is 0 Å². The lowest BCUT2D eigenvalue weighted by atomic mass is 10.2. The smallest absolute Gasteiger partial charge is 0.241 e. The summed E-state index contributed by atoms with van der Waals surface area (Å²) in [7, 11) is -3.54. The van der Waals surface area contributed by atoms with E-state index < -0.39 is 10.0 Å². The molecule has 0 aliphatic rings. The Morgan fingerprint density at radius 3 is 2.78 bits per heavy atom. The summed E-state index contributed by atoms with van der Waals surface area (Å²) < 4.78 is 32.2. The minimum atomic E-state index is -3.54. The lowest BCUT2D eigenvalue weighted by molar-refractivity contribution is 0.153. The number of rotatable bonds is 7.